The molecule has 1 N–H and O–H groups in total. The highest BCUT2D eigenvalue weighted by Crippen LogP contribution is 2.20. The van der Waals surface area contributed by atoms with Crippen LogP contribution in [0.2, 0.25) is 0 Å². The molecule has 114 valence electrons. The Labute approximate surface area is 124 Å². The van der Waals surface area contributed by atoms with Gasteiger partial charge in [0.1, 0.15) is 5.82 Å². The molecule has 20 heavy (non-hydrogen) atoms. The summed E-state index contributed by atoms with van der Waals surface area (Å²) in [6, 6.07) is 3.91. The van der Waals surface area contributed by atoms with Gasteiger partial charge in [-0.15, -0.1) is 0 Å². The van der Waals surface area contributed by atoms with E-state index in [9.17, 15) is 5.11 Å². The first-order chi connectivity index (χ1) is 9.40. The van der Waals surface area contributed by atoms with Crippen molar-refractivity contribution < 1.29 is 5.11 Å². The zero-order valence-electron chi connectivity index (χ0n) is 13.6. The molecule has 0 amide bonds. The number of hydrogen-bond donors (Lipinski definition) is 1. The van der Waals surface area contributed by atoms with Crippen molar-refractivity contribution in [2.75, 3.05) is 18.0 Å². The maximum atomic E-state index is 9.72. The molecule has 0 bridgehead atoms. The van der Waals surface area contributed by atoms with Crippen LogP contribution >= 0.6 is 0 Å². The van der Waals surface area contributed by atoms with Gasteiger partial charge in [0.2, 0.25) is 0 Å². The largest absolute Gasteiger partial charge is 0.389 e. The van der Waals surface area contributed by atoms with Crippen molar-refractivity contribution in [3.63, 3.8) is 0 Å². The number of aliphatic hydroxyl groups is 1. The lowest BCUT2D eigenvalue weighted by atomic mass is 10.1. The van der Waals surface area contributed by atoms with Gasteiger partial charge < -0.3 is 10.0 Å². The van der Waals surface area contributed by atoms with Crippen LogP contribution in [0.5, 0.6) is 0 Å². The molecule has 0 aliphatic rings. The van der Waals surface area contributed by atoms with E-state index >= 15 is 0 Å². The number of rotatable bonds is 8. The number of pyridine rings is 1. The Bertz CT molecular complexity index is 376. The minimum atomic E-state index is -0.436. The lowest BCUT2D eigenvalue weighted by molar-refractivity contribution is 0.199. The van der Waals surface area contributed by atoms with Gasteiger partial charge >= 0.3 is 0 Å². The summed E-state index contributed by atoms with van der Waals surface area (Å²) in [5, 5.41) is 9.72. The minimum absolute atomic E-state index is 0.436. The second-order valence-corrected chi connectivity index (χ2v) is 6.48. The maximum absolute atomic E-state index is 9.72. The average molecular weight is 278 g/mol. The van der Waals surface area contributed by atoms with Crippen LogP contribution < -0.4 is 4.90 Å². The van der Waals surface area contributed by atoms with Crippen molar-refractivity contribution in [2.45, 2.75) is 53.6 Å². The van der Waals surface area contributed by atoms with Crippen LogP contribution in [0.15, 0.2) is 18.3 Å². The summed E-state index contributed by atoms with van der Waals surface area (Å²) < 4.78 is 0. The summed E-state index contributed by atoms with van der Waals surface area (Å²) in [5.74, 6) is 2.37. The van der Waals surface area contributed by atoms with Gasteiger partial charge in [-0.25, -0.2) is 4.98 Å². The molecule has 0 unspecified atom stereocenters. The van der Waals surface area contributed by atoms with E-state index in [0.717, 1.165) is 24.5 Å². The Balaban J connectivity index is 2.81. The van der Waals surface area contributed by atoms with Crippen molar-refractivity contribution in [1.82, 2.24) is 4.98 Å². The molecule has 0 saturated carbocycles. The number of hydrogen-bond acceptors (Lipinski definition) is 3. The molecule has 0 aliphatic carbocycles. The van der Waals surface area contributed by atoms with Gasteiger partial charge in [-0.1, -0.05) is 27.7 Å². The van der Waals surface area contributed by atoms with Crippen LogP contribution in [0.3, 0.4) is 0 Å². The predicted octanol–water partition coefficient (Wildman–Crippen LogP) is 4.03. The summed E-state index contributed by atoms with van der Waals surface area (Å²) in [6.07, 6.45) is 3.70. The SMILES string of the molecule is CC(C)CCN(CCC(C)C)c1cc([C@H](C)O)ccn1. The smallest absolute Gasteiger partial charge is 0.128 e. The first-order valence-electron chi connectivity index (χ1n) is 7.79. The Morgan fingerprint density at radius 2 is 1.60 bits per heavy atom. The van der Waals surface area contributed by atoms with Crippen molar-refractivity contribution >= 4 is 5.82 Å². The topological polar surface area (TPSA) is 36.4 Å². The molecule has 0 spiro atoms. The minimum Gasteiger partial charge on any atom is -0.389 e. The monoisotopic (exact) mass is 278 g/mol. The number of nitrogens with zero attached hydrogens (tertiary/aromatic N) is 2. The predicted molar refractivity (Wildman–Crippen MR) is 86.0 cm³/mol. The third kappa shape index (κ3) is 5.91. The molecule has 0 fully saturated rings. The summed E-state index contributed by atoms with van der Waals surface area (Å²) in [6.45, 7) is 12.9. The van der Waals surface area contributed by atoms with Crippen LogP contribution in [0.1, 0.15) is 59.1 Å². The first kappa shape index (κ1) is 17.0. The third-order valence-electron chi connectivity index (χ3n) is 3.53. The molecule has 3 heteroatoms. The van der Waals surface area contributed by atoms with Gasteiger partial charge in [0.05, 0.1) is 6.10 Å². The molecule has 1 atom stereocenters. The fraction of sp³-hybridized carbons (Fsp3) is 0.706. The van der Waals surface area contributed by atoms with Crippen LogP contribution in [-0.2, 0) is 0 Å². The molecular weight excluding hydrogens is 248 g/mol. The molecule has 1 heterocycles. The summed E-state index contributed by atoms with van der Waals surface area (Å²) in [7, 11) is 0. The van der Waals surface area contributed by atoms with E-state index in [0.29, 0.717) is 11.8 Å². The third-order valence-corrected chi connectivity index (χ3v) is 3.53. The van der Waals surface area contributed by atoms with Crippen LogP contribution in [0.25, 0.3) is 0 Å². The summed E-state index contributed by atoms with van der Waals surface area (Å²) in [4.78, 5) is 6.85. The Morgan fingerprint density at radius 3 is 2.05 bits per heavy atom. The molecular formula is C17H30N2O. The van der Waals surface area contributed by atoms with E-state index in [2.05, 4.69) is 37.6 Å². The second-order valence-electron chi connectivity index (χ2n) is 6.48. The Kier molecular flexibility index (Phi) is 7.00. The van der Waals surface area contributed by atoms with E-state index in [-0.39, 0.29) is 0 Å². The summed E-state index contributed by atoms with van der Waals surface area (Å²) in [5.41, 5.74) is 0.939. The van der Waals surface area contributed by atoms with Gasteiger partial charge in [0.15, 0.2) is 0 Å². The Hall–Kier alpha value is -1.09. The number of anilines is 1. The summed E-state index contributed by atoms with van der Waals surface area (Å²) >= 11 is 0. The lowest BCUT2D eigenvalue weighted by Crippen LogP contribution is -2.28. The molecule has 0 aromatic carbocycles. The van der Waals surface area contributed by atoms with Crippen LogP contribution in [0, 0.1) is 11.8 Å². The fourth-order valence-electron chi connectivity index (χ4n) is 2.04. The van der Waals surface area contributed by atoms with E-state index in [1.54, 1.807) is 13.1 Å². The van der Waals surface area contributed by atoms with E-state index < -0.39 is 6.10 Å². The lowest BCUT2D eigenvalue weighted by Gasteiger charge is -2.26. The Morgan fingerprint density at radius 1 is 1.05 bits per heavy atom. The maximum Gasteiger partial charge on any atom is 0.128 e. The quantitative estimate of drug-likeness (QED) is 0.780. The van der Waals surface area contributed by atoms with E-state index in [1.807, 2.05) is 12.1 Å². The first-order valence-corrected chi connectivity index (χ1v) is 7.79. The average Bonchev–Trinajstić information content (AvgIpc) is 2.38. The van der Waals surface area contributed by atoms with Gasteiger partial charge in [-0.05, 0) is 49.3 Å². The zero-order valence-corrected chi connectivity index (χ0v) is 13.6. The highest BCUT2D eigenvalue weighted by atomic mass is 16.3. The van der Waals surface area contributed by atoms with Crippen molar-refractivity contribution in [3.8, 4) is 0 Å². The highest BCUT2D eigenvalue weighted by Gasteiger charge is 2.11. The molecule has 1 aromatic heterocycles. The van der Waals surface area contributed by atoms with Gasteiger partial charge in [0.25, 0.3) is 0 Å². The van der Waals surface area contributed by atoms with Gasteiger partial charge in [-0.2, -0.15) is 0 Å². The fourth-order valence-corrected chi connectivity index (χ4v) is 2.04. The van der Waals surface area contributed by atoms with Crippen molar-refractivity contribution in [1.29, 1.82) is 0 Å². The van der Waals surface area contributed by atoms with Crippen LogP contribution in [-0.4, -0.2) is 23.2 Å². The van der Waals surface area contributed by atoms with Gasteiger partial charge in [-0.3, -0.25) is 0 Å². The normalized spacial score (nSPS) is 13.0. The van der Waals surface area contributed by atoms with Crippen LogP contribution in [0.4, 0.5) is 5.82 Å². The van der Waals surface area contributed by atoms with E-state index in [4.69, 9.17) is 0 Å². The number of aliphatic hydroxyl groups excluding tert-OH is 1. The number of aromatic nitrogens is 1. The molecule has 0 radical (unpaired) electrons. The molecule has 1 aromatic rings. The molecule has 0 saturated heterocycles. The molecule has 3 nitrogen and oxygen atoms in total. The van der Waals surface area contributed by atoms with Gasteiger partial charge in [0, 0.05) is 19.3 Å². The molecule has 0 aliphatic heterocycles. The highest BCUT2D eigenvalue weighted by molar-refractivity contribution is 5.41. The second kappa shape index (κ2) is 8.25. The van der Waals surface area contributed by atoms with Crippen molar-refractivity contribution in [2.24, 2.45) is 11.8 Å². The van der Waals surface area contributed by atoms with Crippen molar-refractivity contribution in [3.05, 3.63) is 23.9 Å². The standard InChI is InChI=1S/C17H30N2O/c1-13(2)7-10-19(11-8-14(3)4)17-12-16(15(5)20)6-9-18-17/h6,9,12-15,20H,7-8,10-11H2,1-5H3/t15-/m0/s1. The zero-order chi connectivity index (χ0) is 15.1. The molecule has 1 rings (SSSR count). The van der Waals surface area contributed by atoms with E-state index in [1.165, 1.54) is 12.8 Å².